The zero-order chi connectivity index (χ0) is 14.8. The van der Waals surface area contributed by atoms with E-state index >= 15 is 0 Å². The van der Waals surface area contributed by atoms with Crippen LogP contribution in [0.3, 0.4) is 0 Å². The molecule has 1 heterocycles. The molecule has 4 heteroatoms. The van der Waals surface area contributed by atoms with Crippen molar-refractivity contribution in [2.45, 2.75) is 38.6 Å². The van der Waals surface area contributed by atoms with Gasteiger partial charge in [0.25, 0.3) is 5.91 Å². The molecule has 1 aromatic rings. The summed E-state index contributed by atoms with van der Waals surface area (Å²) in [5, 5.41) is 3.39. The second kappa shape index (κ2) is 6.14. The molecule has 1 aromatic carbocycles. The third-order valence-electron chi connectivity index (χ3n) is 4.45. The fraction of sp³-hybridized carbons (Fsp3) is 0.588. The molecule has 0 aromatic heterocycles. The second-order valence-corrected chi connectivity index (χ2v) is 6.38. The molecule has 0 radical (unpaired) electrons. The van der Waals surface area contributed by atoms with Crippen molar-refractivity contribution in [2.24, 2.45) is 5.92 Å². The molecule has 0 spiro atoms. The average molecular weight is 290 g/mol. The second-order valence-electron chi connectivity index (χ2n) is 6.38. The van der Waals surface area contributed by atoms with E-state index in [1.165, 1.54) is 6.07 Å². The highest BCUT2D eigenvalue weighted by atomic mass is 19.1. The SMILES string of the molecule is Cc1ccc(F)c(C(=O)N(CC2CCCNC2)C2CC2)c1. The van der Waals surface area contributed by atoms with Crippen molar-refractivity contribution in [3.63, 3.8) is 0 Å². The first-order valence-corrected chi connectivity index (χ1v) is 7.93. The maximum atomic E-state index is 14.0. The first kappa shape index (κ1) is 14.5. The molecular weight excluding hydrogens is 267 g/mol. The molecule has 3 rings (SSSR count). The fourth-order valence-corrected chi connectivity index (χ4v) is 3.10. The number of hydrogen-bond acceptors (Lipinski definition) is 2. The van der Waals surface area contributed by atoms with Crippen molar-refractivity contribution in [3.05, 3.63) is 35.1 Å². The number of carbonyl (C=O) groups is 1. The lowest BCUT2D eigenvalue weighted by Gasteiger charge is -2.30. The maximum Gasteiger partial charge on any atom is 0.257 e. The number of nitrogens with zero attached hydrogens (tertiary/aromatic N) is 1. The van der Waals surface area contributed by atoms with Crippen molar-refractivity contribution in [1.82, 2.24) is 10.2 Å². The van der Waals surface area contributed by atoms with Gasteiger partial charge in [-0.25, -0.2) is 4.39 Å². The summed E-state index contributed by atoms with van der Waals surface area (Å²) >= 11 is 0. The van der Waals surface area contributed by atoms with E-state index in [4.69, 9.17) is 0 Å². The lowest BCUT2D eigenvalue weighted by molar-refractivity contribution is 0.0699. The molecule has 2 aliphatic rings. The number of rotatable bonds is 4. The molecule has 1 amide bonds. The van der Waals surface area contributed by atoms with E-state index < -0.39 is 5.82 Å². The Morgan fingerprint density at radius 2 is 2.19 bits per heavy atom. The van der Waals surface area contributed by atoms with Gasteiger partial charge in [-0.3, -0.25) is 4.79 Å². The monoisotopic (exact) mass is 290 g/mol. The molecule has 1 aliphatic heterocycles. The molecule has 1 saturated carbocycles. The van der Waals surface area contributed by atoms with Crippen LogP contribution in [0.1, 0.15) is 41.6 Å². The van der Waals surface area contributed by atoms with Crippen LogP contribution in [0.25, 0.3) is 0 Å². The Hall–Kier alpha value is -1.42. The van der Waals surface area contributed by atoms with Crippen LogP contribution in [0.2, 0.25) is 0 Å². The van der Waals surface area contributed by atoms with Crippen LogP contribution < -0.4 is 5.32 Å². The van der Waals surface area contributed by atoms with E-state index in [0.29, 0.717) is 12.0 Å². The number of amides is 1. The number of benzene rings is 1. The number of aryl methyl sites for hydroxylation is 1. The zero-order valence-corrected chi connectivity index (χ0v) is 12.6. The predicted octanol–water partition coefficient (Wildman–Crippen LogP) is 2.74. The van der Waals surface area contributed by atoms with Crippen molar-refractivity contribution in [1.29, 1.82) is 0 Å². The molecule has 2 fully saturated rings. The zero-order valence-electron chi connectivity index (χ0n) is 12.6. The molecule has 21 heavy (non-hydrogen) atoms. The van der Waals surface area contributed by atoms with E-state index in [1.54, 1.807) is 12.1 Å². The Labute approximate surface area is 125 Å². The summed E-state index contributed by atoms with van der Waals surface area (Å²) in [5.74, 6) is -0.0431. The van der Waals surface area contributed by atoms with E-state index in [1.807, 2.05) is 11.8 Å². The van der Waals surface area contributed by atoms with Crippen LogP contribution in [-0.2, 0) is 0 Å². The van der Waals surface area contributed by atoms with Gasteiger partial charge < -0.3 is 10.2 Å². The smallest absolute Gasteiger partial charge is 0.257 e. The van der Waals surface area contributed by atoms with Crippen molar-refractivity contribution in [3.8, 4) is 0 Å². The van der Waals surface area contributed by atoms with E-state index in [9.17, 15) is 9.18 Å². The summed E-state index contributed by atoms with van der Waals surface area (Å²) in [5.41, 5.74) is 1.15. The van der Waals surface area contributed by atoms with Gasteiger partial charge in [-0.1, -0.05) is 11.6 Å². The number of nitrogens with one attached hydrogen (secondary N) is 1. The summed E-state index contributed by atoms with van der Waals surface area (Å²) in [6.45, 7) is 4.68. The largest absolute Gasteiger partial charge is 0.335 e. The molecule has 1 unspecified atom stereocenters. The van der Waals surface area contributed by atoms with Gasteiger partial charge in [0.15, 0.2) is 0 Å². The van der Waals surface area contributed by atoms with Gasteiger partial charge >= 0.3 is 0 Å². The quantitative estimate of drug-likeness (QED) is 0.925. The first-order valence-electron chi connectivity index (χ1n) is 7.93. The Bertz CT molecular complexity index is 522. The first-order chi connectivity index (χ1) is 10.1. The third kappa shape index (κ3) is 3.43. The van der Waals surface area contributed by atoms with E-state index in [-0.39, 0.29) is 11.5 Å². The van der Waals surface area contributed by atoms with Crippen LogP contribution in [0.4, 0.5) is 4.39 Å². The topological polar surface area (TPSA) is 32.3 Å². The third-order valence-corrected chi connectivity index (χ3v) is 4.45. The minimum absolute atomic E-state index is 0.135. The molecule has 114 valence electrons. The molecular formula is C17H23FN2O. The van der Waals surface area contributed by atoms with Gasteiger partial charge in [0, 0.05) is 12.6 Å². The van der Waals surface area contributed by atoms with Crippen molar-refractivity contribution < 1.29 is 9.18 Å². The highest BCUT2D eigenvalue weighted by molar-refractivity contribution is 5.95. The Kier molecular flexibility index (Phi) is 4.24. The fourth-order valence-electron chi connectivity index (χ4n) is 3.10. The lowest BCUT2D eigenvalue weighted by Crippen LogP contribution is -2.42. The van der Waals surface area contributed by atoms with Crippen LogP contribution in [0.5, 0.6) is 0 Å². The highest BCUT2D eigenvalue weighted by Crippen LogP contribution is 2.30. The van der Waals surface area contributed by atoms with Crippen LogP contribution in [0.15, 0.2) is 18.2 Å². The standard InChI is InChI=1S/C17H23FN2O/c1-12-4-7-16(18)15(9-12)17(21)20(14-5-6-14)11-13-3-2-8-19-10-13/h4,7,9,13-14,19H,2-3,5-6,8,10-11H2,1H3. The van der Waals surface area contributed by atoms with Crippen LogP contribution in [0, 0.1) is 18.7 Å². The Morgan fingerprint density at radius 3 is 2.86 bits per heavy atom. The molecule has 1 aliphatic carbocycles. The number of halogens is 1. The van der Waals surface area contributed by atoms with Crippen molar-refractivity contribution >= 4 is 5.91 Å². The summed E-state index contributed by atoms with van der Waals surface area (Å²) < 4.78 is 14.0. The summed E-state index contributed by atoms with van der Waals surface area (Å²) in [6, 6.07) is 5.10. The summed E-state index contributed by atoms with van der Waals surface area (Å²) in [6.07, 6.45) is 4.43. The van der Waals surface area contributed by atoms with Gasteiger partial charge in [-0.15, -0.1) is 0 Å². The molecule has 1 atom stereocenters. The normalized spacial score (nSPS) is 22.1. The van der Waals surface area contributed by atoms with Gasteiger partial charge in [0.05, 0.1) is 5.56 Å². The number of piperidine rings is 1. The van der Waals surface area contributed by atoms with Crippen LogP contribution >= 0.6 is 0 Å². The van der Waals surface area contributed by atoms with Gasteiger partial charge in [-0.2, -0.15) is 0 Å². The van der Waals surface area contributed by atoms with E-state index in [2.05, 4.69) is 5.32 Å². The summed E-state index contributed by atoms with van der Waals surface area (Å²) in [7, 11) is 0. The number of hydrogen-bond donors (Lipinski definition) is 1. The molecule has 1 saturated heterocycles. The number of carbonyl (C=O) groups excluding carboxylic acids is 1. The highest BCUT2D eigenvalue weighted by Gasteiger charge is 2.35. The Balaban J connectivity index is 1.76. The van der Waals surface area contributed by atoms with Gasteiger partial charge in [-0.05, 0) is 63.7 Å². The minimum Gasteiger partial charge on any atom is -0.335 e. The lowest BCUT2D eigenvalue weighted by atomic mass is 9.98. The van der Waals surface area contributed by atoms with Crippen molar-refractivity contribution in [2.75, 3.05) is 19.6 Å². The summed E-state index contributed by atoms with van der Waals surface area (Å²) in [4.78, 5) is 14.7. The van der Waals surface area contributed by atoms with Gasteiger partial charge in [0.2, 0.25) is 0 Å². The predicted molar refractivity (Wildman–Crippen MR) is 80.8 cm³/mol. The van der Waals surface area contributed by atoms with Gasteiger partial charge in [0.1, 0.15) is 5.82 Å². The van der Waals surface area contributed by atoms with Crippen LogP contribution in [-0.4, -0.2) is 36.5 Å². The Morgan fingerprint density at radius 1 is 1.38 bits per heavy atom. The minimum atomic E-state index is -0.405. The maximum absolute atomic E-state index is 14.0. The molecule has 1 N–H and O–H groups in total. The molecule has 0 bridgehead atoms. The molecule has 3 nitrogen and oxygen atoms in total. The average Bonchev–Trinajstić information content (AvgIpc) is 3.32. The van der Waals surface area contributed by atoms with E-state index in [0.717, 1.165) is 50.9 Å².